The lowest BCUT2D eigenvalue weighted by molar-refractivity contribution is -0.612. The Labute approximate surface area is 68.7 Å². The third kappa shape index (κ3) is 2.24. The van der Waals surface area contributed by atoms with Gasteiger partial charge in [0.25, 0.3) is 0 Å². The third-order valence-electron chi connectivity index (χ3n) is 1.51. The van der Waals surface area contributed by atoms with E-state index in [1.165, 1.54) is 5.56 Å². The molecule has 62 valence electrons. The fourth-order valence-electron chi connectivity index (χ4n) is 0.966. The molecule has 0 saturated heterocycles. The summed E-state index contributed by atoms with van der Waals surface area (Å²) in [5.41, 5.74) is 1.24. The maximum absolute atomic E-state index is 5.07. The van der Waals surface area contributed by atoms with Crippen LogP contribution in [-0.4, -0.2) is 7.11 Å². The van der Waals surface area contributed by atoms with Gasteiger partial charge in [-0.1, -0.05) is 12.1 Å². The predicted molar refractivity (Wildman–Crippen MR) is 46.1 cm³/mol. The Morgan fingerprint density at radius 2 is 2.45 bits per heavy atom. The maximum Gasteiger partial charge on any atom is 0.119 e. The smallest absolute Gasteiger partial charge is 0.119 e. The lowest BCUT2D eigenvalue weighted by Gasteiger charge is -2.03. The number of hydrogen-bond donors (Lipinski definition) is 1. The average Bonchev–Trinajstić information content (AvgIpc) is 2.06. The van der Waals surface area contributed by atoms with Crippen molar-refractivity contribution >= 4 is 0 Å². The highest BCUT2D eigenvalue weighted by Crippen LogP contribution is 2.10. The zero-order chi connectivity index (χ0) is 8.10. The minimum atomic E-state index is 0. The van der Waals surface area contributed by atoms with Gasteiger partial charge in [0.2, 0.25) is 0 Å². The molecule has 0 fully saturated rings. The molecule has 0 saturated carbocycles. The molecule has 1 rings (SSSR count). The molecule has 1 aromatic carbocycles. The summed E-state index contributed by atoms with van der Waals surface area (Å²) in [6, 6.07) is 8.00. The molecule has 0 spiro atoms. The Kier molecular flexibility index (Phi) is 2.93. The SMILES string of the molecule is [CH2-][NH2+]Cc1cccc(OC)c1.[HH]. The minimum Gasteiger partial charge on any atom is -0.497 e. The highest BCUT2D eigenvalue weighted by Gasteiger charge is 1.93. The molecule has 0 unspecified atom stereocenters. The van der Waals surface area contributed by atoms with E-state index >= 15 is 0 Å². The molecule has 0 heterocycles. The first-order chi connectivity index (χ1) is 5.36. The van der Waals surface area contributed by atoms with Crippen molar-refractivity contribution in [3.8, 4) is 5.75 Å². The van der Waals surface area contributed by atoms with E-state index in [9.17, 15) is 0 Å². The second kappa shape index (κ2) is 3.98. The van der Waals surface area contributed by atoms with Crippen LogP contribution in [0, 0.1) is 7.05 Å². The molecule has 0 atom stereocenters. The standard InChI is InChI=1S/C9H13NO.H2/c1-10-7-8-4-3-5-9(6-8)11-2;/h3-6H,1,7,10H2,2H3;1H. The number of nitrogens with two attached hydrogens (primary N) is 1. The van der Waals surface area contributed by atoms with Crippen molar-refractivity contribution in [2.24, 2.45) is 0 Å². The van der Waals surface area contributed by atoms with E-state index in [-0.39, 0.29) is 1.43 Å². The zero-order valence-electron chi connectivity index (χ0n) is 6.71. The second-order valence-electron chi connectivity index (χ2n) is 2.34. The highest BCUT2D eigenvalue weighted by atomic mass is 16.5. The van der Waals surface area contributed by atoms with Gasteiger partial charge in [0.15, 0.2) is 0 Å². The molecule has 11 heavy (non-hydrogen) atoms. The zero-order valence-corrected chi connectivity index (χ0v) is 6.71. The van der Waals surface area contributed by atoms with E-state index in [0.29, 0.717) is 0 Å². The Bertz CT molecular complexity index is 228. The summed E-state index contributed by atoms with van der Waals surface area (Å²) in [5, 5.41) is 1.88. The molecule has 2 nitrogen and oxygen atoms in total. The van der Waals surface area contributed by atoms with Gasteiger partial charge in [-0.15, -0.1) is 0 Å². The lowest BCUT2D eigenvalue weighted by Crippen LogP contribution is -2.74. The van der Waals surface area contributed by atoms with Crippen LogP contribution in [-0.2, 0) is 6.54 Å². The third-order valence-corrected chi connectivity index (χ3v) is 1.51. The van der Waals surface area contributed by atoms with E-state index in [0.717, 1.165) is 12.3 Å². The van der Waals surface area contributed by atoms with Gasteiger partial charge in [0.05, 0.1) is 13.7 Å². The first-order valence-electron chi connectivity index (χ1n) is 3.60. The molecule has 0 aliphatic rings. The monoisotopic (exact) mass is 153 g/mol. The highest BCUT2D eigenvalue weighted by molar-refractivity contribution is 5.27. The van der Waals surface area contributed by atoms with Crippen molar-refractivity contribution in [1.29, 1.82) is 0 Å². The van der Waals surface area contributed by atoms with Gasteiger partial charge in [-0.3, -0.25) is 0 Å². The van der Waals surface area contributed by atoms with Gasteiger partial charge in [-0.05, 0) is 12.1 Å². The topological polar surface area (TPSA) is 25.8 Å². The average molecular weight is 153 g/mol. The number of methoxy groups -OCH3 is 1. The maximum atomic E-state index is 5.07. The summed E-state index contributed by atoms with van der Waals surface area (Å²) >= 11 is 0. The number of hydrogen-bond acceptors (Lipinski definition) is 1. The molecule has 0 aliphatic carbocycles. The Morgan fingerprint density at radius 1 is 1.64 bits per heavy atom. The summed E-state index contributed by atoms with van der Waals surface area (Å²) in [7, 11) is 5.34. The van der Waals surface area contributed by atoms with Crippen LogP contribution in [0.1, 0.15) is 6.99 Å². The molecule has 1 aromatic rings. The van der Waals surface area contributed by atoms with E-state index in [1.807, 2.05) is 23.5 Å². The van der Waals surface area contributed by atoms with Crippen molar-refractivity contribution in [3.63, 3.8) is 0 Å². The molecule has 0 bridgehead atoms. The molecule has 2 N–H and O–H groups in total. The Morgan fingerprint density at radius 3 is 3.09 bits per heavy atom. The summed E-state index contributed by atoms with van der Waals surface area (Å²) in [5.74, 6) is 0.907. The Balaban J connectivity index is 0.00000121. The van der Waals surface area contributed by atoms with Crippen LogP contribution < -0.4 is 10.1 Å². The van der Waals surface area contributed by atoms with Gasteiger partial charge in [0.1, 0.15) is 5.75 Å². The molecule has 0 amide bonds. The van der Waals surface area contributed by atoms with Gasteiger partial charge in [0, 0.05) is 6.99 Å². The van der Waals surface area contributed by atoms with Crippen molar-refractivity contribution in [2.45, 2.75) is 6.54 Å². The van der Waals surface area contributed by atoms with Crippen LogP contribution in [0.15, 0.2) is 24.3 Å². The van der Waals surface area contributed by atoms with Crippen LogP contribution in [0.4, 0.5) is 0 Å². The summed E-state index contributed by atoms with van der Waals surface area (Å²) in [6.45, 7) is 0.900. The van der Waals surface area contributed by atoms with Gasteiger partial charge >= 0.3 is 0 Å². The normalized spacial score (nSPS) is 9.64. The fourth-order valence-corrected chi connectivity index (χ4v) is 0.966. The van der Waals surface area contributed by atoms with Crippen molar-refractivity contribution < 1.29 is 11.5 Å². The van der Waals surface area contributed by atoms with E-state index in [4.69, 9.17) is 4.74 Å². The summed E-state index contributed by atoms with van der Waals surface area (Å²) in [4.78, 5) is 0. The number of quaternary nitrogens is 1. The molecular formula is C9H15NO. The van der Waals surface area contributed by atoms with Crippen LogP contribution >= 0.6 is 0 Å². The first kappa shape index (κ1) is 8.08. The van der Waals surface area contributed by atoms with Crippen LogP contribution in [0.5, 0.6) is 5.75 Å². The number of benzene rings is 1. The largest absolute Gasteiger partial charge is 0.497 e. The predicted octanol–water partition coefficient (Wildman–Crippen LogP) is 0.796. The molecule has 2 heteroatoms. The van der Waals surface area contributed by atoms with Gasteiger partial charge in [-0.2, -0.15) is 7.05 Å². The molecule has 0 aromatic heterocycles. The van der Waals surface area contributed by atoms with Gasteiger partial charge in [-0.25, -0.2) is 0 Å². The van der Waals surface area contributed by atoms with E-state index < -0.39 is 0 Å². The summed E-state index contributed by atoms with van der Waals surface area (Å²) in [6.07, 6.45) is 0. The summed E-state index contributed by atoms with van der Waals surface area (Å²) < 4.78 is 5.07. The molecule has 0 aliphatic heterocycles. The van der Waals surface area contributed by atoms with E-state index in [1.54, 1.807) is 7.11 Å². The lowest BCUT2D eigenvalue weighted by atomic mass is 10.2. The van der Waals surface area contributed by atoms with Gasteiger partial charge < -0.3 is 10.1 Å². The fraction of sp³-hybridized carbons (Fsp3) is 0.222. The number of rotatable bonds is 3. The molecule has 0 radical (unpaired) electrons. The van der Waals surface area contributed by atoms with Crippen molar-refractivity contribution in [3.05, 3.63) is 36.9 Å². The molecular weight excluding hydrogens is 138 g/mol. The van der Waals surface area contributed by atoms with Crippen LogP contribution in [0.2, 0.25) is 0 Å². The number of ether oxygens (including phenoxy) is 1. The van der Waals surface area contributed by atoms with Crippen molar-refractivity contribution in [1.82, 2.24) is 0 Å². The quantitative estimate of drug-likeness (QED) is 0.638. The Hall–Kier alpha value is -1.02. The van der Waals surface area contributed by atoms with E-state index in [2.05, 4.69) is 13.1 Å². The van der Waals surface area contributed by atoms with Crippen LogP contribution in [0.3, 0.4) is 0 Å². The first-order valence-corrected chi connectivity index (χ1v) is 3.60. The van der Waals surface area contributed by atoms with Crippen molar-refractivity contribution in [2.75, 3.05) is 7.11 Å². The second-order valence-corrected chi connectivity index (χ2v) is 2.34. The minimum absolute atomic E-state index is 0. The van der Waals surface area contributed by atoms with Crippen LogP contribution in [0.25, 0.3) is 0 Å².